The summed E-state index contributed by atoms with van der Waals surface area (Å²) in [5.74, 6) is -1.99. The molecule has 3 amide bonds. The monoisotopic (exact) mass is 362 g/mol. The van der Waals surface area contributed by atoms with Crippen molar-refractivity contribution in [3.63, 3.8) is 0 Å². The van der Waals surface area contributed by atoms with E-state index in [-0.39, 0.29) is 11.9 Å². The number of hydrogen-bond donors (Lipinski definition) is 2. The first-order valence-electron chi connectivity index (χ1n) is 8.45. The molecular formula is C17H19FN4O4. The highest BCUT2D eigenvalue weighted by Gasteiger charge is 2.18. The van der Waals surface area contributed by atoms with Crippen molar-refractivity contribution in [2.24, 2.45) is 0 Å². The second-order valence-electron chi connectivity index (χ2n) is 6.19. The third-order valence-corrected chi connectivity index (χ3v) is 4.18. The summed E-state index contributed by atoms with van der Waals surface area (Å²) in [4.78, 5) is 35.6. The van der Waals surface area contributed by atoms with Crippen molar-refractivity contribution >= 4 is 11.9 Å². The van der Waals surface area contributed by atoms with E-state index >= 15 is 0 Å². The Bertz CT molecular complexity index is 837. The lowest BCUT2D eigenvalue weighted by Crippen LogP contribution is -2.46. The van der Waals surface area contributed by atoms with E-state index in [4.69, 9.17) is 4.42 Å². The van der Waals surface area contributed by atoms with Gasteiger partial charge in [0.25, 0.3) is 0 Å². The highest BCUT2D eigenvalue weighted by Crippen LogP contribution is 2.17. The molecule has 1 aliphatic rings. The number of nitrogens with zero attached hydrogens (tertiary/aromatic N) is 2. The van der Waals surface area contributed by atoms with Crippen molar-refractivity contribution in [1.82, 2.24) is 20.4 Å². The van der Waals surface area contributed by atoms with Crippen molar-refractivity contribution in [1.29, 1.82) is 0 Å². The van der Waals surface area contributed by atoms with Gasteiger partial charge in [-0.25, -0.2) is 14.0 Å². The summed E-state index contributed by atoms with van der Waals surface area (Å²) in [6.45, 7) is -0.457. The second-order valence-corrected chi connectivity index (χ2v) is 6.19. The number of hydrogen-bond acceptors (Lipinski definition) is 5. The SMILES string of the molecule is O=C(Cn1nc(-c2ccc(F)cc2)oc1=O)NC(=O)NC1CCCCC1. The first kappa shape index (κ1) is 17.8. The highest BCUT2D eigenvalue weighted by molar-refractivity contribution is 5.94. The van der Waals surface area contributed by atoms with E-state index in [1.54, 1.807) is 0 Å². The molecule has 0 saturated heterocycles. The third kappa shape index (κ3) is 4.56. The fourth-order valence-electron chi connectivity index (χ4n) is 2.89. The molecule has 26 heavy (non-hydrogen) atoms. The number of imide groups is 1. The van der Waals surface area contributed by atoms with Gasteiger partial charge in [-0.15, -0.1) is 5.10 Å². The topological polar surface area (TPSA) is 106 Å². The maximum Gasteiger partial charge on any atom is 0.437 e. The van der Waals surface area contributed by atoms with Crippen LogP contribution in [0.2, 0.25) is 0 Å². The summed E-state index contributed by atoms with van der Waals surface area (Å²) >= 11 is 0. The highest BCUT2D eigenvalue weighted by atomic mass is 19.1. The van der Waals surface area contributed by atoms with Gasteiger partial charge < -0.3 is 9.73 Å². The lowest BCUT2D eigenvalue weighted by atomic mass is 9.96. The summed E-state index contributed by atoms with van der Waals surface area (Å²) < 4.78 is 18.7. The molecule has 1 heterocycles. The number of carbonyl (C=O) groups excluding carboxylic acids is 2. The van der Waals surface area contributed by atoms with Gasteiger partial charge in [0.2, 0.25) is 11.8 Å². The summed E-state index contributed by atoms with van der Waals surface area (Å²) in [7, 11) is 0. The fraction of sp³-hybridized carbons (Fsp3) is 0.412. The van der Waals surface area contributed by atoms with Gasteiger partial charge in [-0.05, 0) is 37.1 Å². The molecule has 9 heteroatoms. The Morgan fingerprint density at radius 3 is 2.58 bits per heavy atom. The zero-order chi connectivity index (χ0) is 18.5. The van der Waals surface area contributed by atoms with Crippen molar-refractivity contribution in [3.8, 4) is 11.5 Å². The average Bonchev–Trinajstić information content (AvgIpc) is 2.96. The van der Waals surface area contributed by atoms with E-state index in [0.717, 1.165) is 36.8 Å². The molecule has 0 bridgehead atoms. The van der Waals surface area contributed by atoms with Crippen molar-refractivity contribution in [2.45, 2.75) is 44.7 Å². The molecule has 0 radical (unpaired) electrons. The predicted molar refractivity (Wildman–Crippen MR) is 89.7 cm³/mol. The largest absolute Gasteiger partial charge is 0.437 e. The van der Waals surface area contributed by atoms with Crippen LogP contribution in [0.5, 0.6) is 0 Å². The lowest BCUT2D eigenvalue weighted by Gasteiger charge is -2.22. The van der Waals surface area contributed by atoms with Crippen molar-refractivity contribution in [2.75, 3.05) is 0 Å². The van der Waals surface area contributed by atoms with E-state index in [2.05, 4.69) is 15.7 Å². The van der Waals surface area contributed by atoms with E-state index in [1.165, 1.54) is 24.3 Å². The number of amides is 3. The van der Waals surface area contributed by atoms with Crippen LogP contribution >= 0.6 is 0 Å². The number of halogens is 1. The van der Waals surface area contributed by atoms with Gasteiger partial charge >= 0.3 is 11.8 Å². The Labute approximate surface area is 148 Å². The van der Waals surface area contributed by atoms with Crippen LogP contribution in [0.3, 0.4) is 0 Å². The number of urea groups is 1. The molecule has 8 nitrogen and oxygen atoms in total. The first-order valence-corrected chi connectivity index (χ1v) is 8.45. The van der Waals surface area contributed by atoms with Crippen LogP contribution in [0.1, 0.15) is 32.1 Å². The summed E-state index contributed by atoms with van der Waals surface area (Å²) in [6.07, 6.45) is 5.06. The van der Waals surface area contributed by atoms with Crippen molar-refractivity contribution < 1.29 is 18.4 Å². The minimum atomic E-state index is -0.841. The molecule has 0 spiro atoms. The van der Waals surface area contributed by atoms with Crippen LogP contribution < -0.4 is 16.4 Å². The van der Waals surface area contributed by atoms with Crippen LogP contribution in [0.15, 0.2) is 33.5 Å². The van der Waals surface area contributed by atoms with Gasteiger partial charge in [0, 0.05) is 11.6 Å². The average molecular weight is 362 g/mol. The Morgan fingerprint density at radius 2 is 1.88 bits per heavy atom. The Hall–Kier alpha value is -2.97. The molecule has 0 aliphatic heterocycles. The molecule has 1 aromatic carbocycles. The molecule has 1 aromatic heterocycles. The minimum absolute atomic E-state index is 0.0329. The zero-order valence-electron chi connectivity index (χ0n) is 14.0. The van der Waals surface area contributed by atoms with Gasteiger partial charge in [0.05, 0.1) is 0 Å². The number of benzene rings is 1. The van der Waals surface area contributed by atoms with E-state index in [0.29, 0.717) is 5.56 Å². The maximum absolute atomic E-state index is 12.9. The summed E-state index contributed by atoms with van der Waals surface area (Å²) in [5.41, 5.74) is 0.401. The van der Waals surface area contributed by atoms with Gasteiger partial charge in [0.15, 0.2) is 0 Å². The molecule has 1 aliphatic carbocycles. The number of nitrogens with one attached hydrogen (secondary N) is 2. The lowest BCUT2D eigenvalue weighted by molar-refractivity contribution is -0.120. The molecule has 0 unspecified atom stereocenters. The Morgan fingerprint density at radius 1 is 1.19 bits per heavy atom. The molecule has 3 rings (SSSR count). The Balaban J connectivity index is 1.58. The van der Waals surface area contributed by atoms with Crippen LogP contribution in [0.25, 0.3) is 11.5 Å². The normalized spacial score (nSPS) is 14.8. The molecule has 2 N–H and O–H groups in total. The molecule has 2 aromatic rings. The van der Waals surface area contributed by atoms with E-state index in [1.807, 2.05) is 0 Å². The van der Waals surface area contributed by atoms with Crippen molar-refractivity contribution in [3.05, 3.63) is 40.6 Å². The van der Waals surface area contributed by atoms with Crippen LogP contribution in [-0.2, 0) is 11.3 Å². The molecule has 138 valence electrons. The second kappa shape index (κ2) is 7.94. The standard InChI is InChI=1S/C17H19FN4O4/c18-12-8-6-11(7-9-12)15-21-22(17(25)26-15)10-14(23)20-16(24)19-13-4-2-1-3-5-13/h6-9,13H,1-5,10H2,(H2,19,20,23,24). The summed E-state index contributed by atoms with van der Waals surface area (Å²) in [5, 5.41) is 8.82. The quantitative estimate of drug-likeness (QED) is 0.863. The number of aromatic nitrogens is 2. The van der Waals surface area contributed by atoms with Crippen LogP contribution in [0, 0.1) is 5.82 Å². The molecule has 1 saturated carbocycles. The van der Waals surface area contributed by atoms with Gasteiger partial charge in [-0.3, -0.25) is 10.1 Å². The van der Waals surface area contributed by atoms with Gasteiger partial charge in [-0.2, -0.15) is 4.68 Å². The molecular weight excluding hydrogens is 343 g/mol. The third-order valence-electron chi connectivity index (χ3n) is 4.18. The smallest absolute Gasteiger partial charge is 0.388 e. The molecule has 0 atom stereocenters. The summed E-state index contributed by atoms with van der Waals surface area (Å²) in [6, 6.07) is 4.70. The van der Waals surface area contributed by atoms with E-state index < -0.39 is 30.1 Å². The Kier molecular flexibility index (Phi) is 5.45. The predicted octanol–water partition coefficient (Wildman–Crippen LogP) is 1.80. The number of rotatable bonds is 4. The van der Waals surface area contributed by atoms with Crippen LogP contribution in [-0.4, -0.2) is 27.8 Å². The van der Waals surface area contributed by atoms with Gasteiger partial charge in [0.1, 0.15) is 12.4 Å². The first-order chi connectivity index (χ1) is 12.5. The fourth-order valence-corrected chi connectivity index (χ4v) is 2.89. The zero-order valence-corrected chi connectivity index (χ0v) is 14.0. The van der Waals surface area contributed by atoms with Crippen LogP contribution in [0.4, 0.5) is 9.18 Å². The minimum Gasteiger partial charge on any atom is -0.388 e. The van der Waals surface area contributed by atoms with E-state index in [9.17, 15) is 18.8 Å². The van der Waals surface area contributed by atoms with Gasteiger partial charge in [-0.1, -0.05) is 19.3 Å². The maximum atomic E-state index is 12.9. The molecule has 1 fully saturated rings. The number of carbonyl (C=O) groups is 2.